The number of nitrogen functional groups attached to an aromatic ring is 1. The molecule has 0 radical (unpaired) electrons. The van der Waals surface area contributed by atoms with Crippen LogP contribution in [-0.4, -0.2) is 24.0 Å². The molecule has 1 rings (SSSR count). The minimum atomic E-state index is 0.633. The Labute approximate surface area is 112 Å². The molecule has 0 unspecified atom stereocenters. The fourth-order valence-electron chi connectivity index (χ4n) is 2.26. The molecule has 0 aliphatic carbocycles. The van der Waals surface area contributed by atoms with Gasteiger partial charge in [0.15, 0.2) is 0 Å². The molecule has 0 saturated heterocycles. The zero-order valence-electron chi connectivity index (χ0n) is 12.3. The molecule has 1 aromatic rings. The molecule has 2 heteroatoms. The first-order chi connectivity index (χ1) is 8.49. The summed E-state index contributed by atoms with van der Waals surface area (Å²) < 4.78 is 0. The number of hydrogen-bond acceptors (Lipinski definition) is 2. The molecule has 0 bridgehead atoms. The second kappa shape index (κ2) is 7.42. The summed E-state index contributed by atoms with van der Waals surface area (Å²) in [6.45, 7) is 11.5. The zero-order valence-corrected chi connectivity index (χ0v) is 12.3. The van der Waals surface area contributed by atoms with Gasteiger partial charge in [-0.05, 0) is 56.8 Å². The van der Waals surface area contributed by atoms with Crippen LogP contribution in [0.25, 0.3) is 0 Å². The number of nitrogens with zero attached hydrogens (tertiary/aromatic N) is 1. The highest BCUT2D eigenvalue weighted by Crippen LogP contribution is 2.11. The topological polar surface area (TPSA) is 29.3 Å². The van der Waals surface area contributed by atoms with Crippen molar-refractivity contribution in [2.45, 2.75) is 46.6 Å². The van der Waals surface area contributed by atoms with Crippen LogP contribution in [0, 0.1) is 5.92 Å². The maximum absolute atomic E-state index is 5.79. The second-order valence-corrected chi connectivity index (χ2v) is 5.83. The van der Waals surface area contributed by atoms with Gasteiger partial charge in [-0.25, -0.2) is 0 Å². The molecule has 0 saturated carbocycles. The standard InChI is InChI=1S/C16H28N2/c1-13(2)12-18(14(3)4)10-6-8-15-7-5-9-16(17)11-15/h5,7,9,11,13-14H,6,8,10,12,17H2,1-4H3. The van der Waals surface area contributed by atoms with Crippen LogP contribution in [0.5, 0.6) is 0 Å². The monoisotopic (exact) mass is 248 g/mol. The van der Waals surface area contributed by atoms with Crippen LogP contribution in [0.15, 0.2) is 24.3 Å². The van der Waals surface area contributed by atoms with Crippen molar-refractivity contribution in [3.63, 3.8) is 0 Å². The minimum Gasteiger partial charge on any atom is -0.399 e. The molecule has 0 heterocycles. The lowest BCUT2D eigenvalue weighted by atomic mass is 10.1. The van der Waals surface area contributed by atoms with Crippen LogP contribution in [0.4, 0.5) is 5.69 Å². The number of benzene rings is 1. The lowest BCUT2D eigenvalue weighted by Gasteiger charge is -2.28. The zero-order chi connectivity index (χ0) is 13.5. The smallest absolute Gasteiger partial charge is 0.0316 e. The maximum atomic E-state index is 5.79. The van der Waals surface area contributed by atoms with Crippen molar-refractivity contribution in [3.05, 3.63) is 29.8 Å². The van der Waals surface area contributed by atoms with Gasteiger partial charge in [-0.15, -0.1) is 0 Å². The van der Waals surface area contributed by atoms with Crippen LogP contribution < -0.4 is 5.73 Å². The van der Waals surface area contributed by atoms with Gasteiger partial charge in [0.1, 0.15) is 0 Å². The molecule has 0 amide bonds. The molecule has 0 aliphatic rings. The van der Waals surface area contributed by atoms with Crippen molar-refractivity contribution in [1.29, 1.82) is 0 Å². The number of aryl methyl sites for hydroxylation is 1. The van der Waals surface area contributed by atoms with Gasteiger partial charge in [0.2, 0.25) is 0 Å². The van der Waals surface area contributed by atoms with E-state index in [4.69, 9.17) is 5.73 Å². The Morgan fingerprint density at radius 1 is 1.17 bits per heavy atom. The first-order valence-electron chi connectivity index (χ1n) is 7.07. The van der Waals surface area contributed by atoms with E-state index < -0.39 is 0 Å². The molecule has 0 atom stereocenters. The number of rotatable bonds is 7. The number of anilines is 1. The lowest BCUT2D eigenvalue weighted by Crippen LogP contribution is -2.35. The predicted octanol–water partition coefficient (Wildman–Crippen LogP) is 3.57. The Bertz CT molecular complexity index is 345. The van der Waals surface area contributed by atoms with Crippen LogP contribution in [0.3, 0.4) is 0 Å². The normalized spacial score (nSPS) is 11.7. The van der Waals surface area contributed by atoms with Crippen molar-refractivity contribution in [3.8, 4) is 0 Å². The molecule has 1 aromatic carbocycles. The van der Waals surface area contributed by atoms with Crippen molar-refractivity contribution >= 4 is 5.69 Å². The van der Waals surface area contributed by atoms with Crippen LogP contribution in [-0.2, 0) is 6.42 Å². The third-order valence-corrected chi connectivity index (χ3v) is 3.19. The minimum absolute atomic E-state index is 0.633. The molecule has 0 spiro atoms. The highest BCUT2D eigenvalue weighted by atomic mass is 15.1. The summed E-state index contributed by atoms with van der Waals surface area (Å²) >= 11 is 0. The van der Waals surface area contributed by atoms with Crippen LogP contribution in [0.2, 0.25) is 0 Å². The SMILES string of the molecule is CC(C)CN(CCCc1cccc(N)c1)C(C)C. The van der Waals surface area contributed by atoms with Gasteiger partial charge in [-0.3, -0.25) is 0 Å². The molecule has 2 nitrogen and oxygen atoms in total. The molecular formula is C16H28N2. The van der Waals surface area contributed by atoms with Crippen LogP contribution in [0.1, 0.15) is 39.7 Å². The van der Waals surface area contributed by atoms with E-state index in [1.54, 1.807) is 0 Å². The van der Waals surface area contributed by atoms with E-state index in [2.05, 4.69) is 44.7 Å². The first kappa shape index (κ1) is 15.0. The molecule has 0 fully saturated rings. The van der Waals surface area contributed by atoms with Crippen molar-refractivity contribution in [1.82, 2.24) is 4.90 Å². The summed E-state index contributed by atoms with van der Waals surface area (Å²) in [5.74, 6) is 0.736. The lowest BCUT2D eigenvalue weighted by molar-refractivity contribution is 0.195. The number of hydrogen-bond donors (Lipinski definition) is 1. The third-order valence-electron chi connectivity index (χ3n) is 3.19. The predicted molar refractivity (Wildman–Crippen MR) is 80.7 cm³/mol. The Balaban J connectivity index is 2.39. The van der Waals surface area contributed by atoms with Crippen LogP contribution >= 0.6 is 0 Å². The first-order valence-corrected chi connectivity index (χ1v) is 7.07. The van der Waals surface area contributed by atoms with Crippen molar-refractivity contribution < 1.29 is 0 Å². The van der Waals surface area contributed by atoms with E-state index >= 15 is 0 Å². The second-order valence-electron chi connectivity index (χ2n) is 5.83. The summed E-state index contributed by atoms with van der Waals surface area (Å²) in [5, 5.41) is 0. The Kier molecular flexibility index (Phi) is 6.20. The number of nitrogens with two attached hydrogens (primary N) is 1. The van der Waals surface area contributed by atoms with Gasteiger partial charge in [0.25, 0.3) is 0 Å². The quantitative estimate of drug-likeness (QED) is 0.747. The Morgan fingerprint density at radius 2 is 1.89 bits per heavy atom. The van der Waals surface area contributed by atoms with Gasteiger partial charge in [-0.2, -0.15) is 0 Å². The van der Waals surface area contributed by atoms with E-state index in [1.165, 1.54) is 25.1 Å². The Morgan fingerprint density at radius 3 is 2.44 bits per heavy atom. The summed E-state index contributed by atoms with van der Waals surface area (Å²) in [4.78, 5) is 2.57. The van der Waals surface area contributed by atoms with Gasteiger partial charge in [0.05, 0.1) is 0 Å². The molecule has 18 heavy (non-hydrogen) atoms. The summed E-state index contributed by atoms with van der Waals surface area (Å²) in [7, 11) is 0. The average Bonchev–Trinajstić information content (AvgIpc) is 2.27. The molecule has 0 aliphatic heterocycles. The van der Waals surface area contributed by atoms with E-state index in [1.807, 2.05) is 12.1 Å². The largest absolute Gasteiger partial charge is 0.399 e. The highest BCUT2D eigenvalue weighted by molar-refractivity contribution is 5.40. The van der Waals surface area contributed by atoms with Gasteiger partial charge in [-0.1, -0.05) is 26.0 Å². The summed E-state index contributed by atoms with van der Waals surface area (Å²) in [6.07, 6.45) is 2.32. The third kappa shape index (κ3) is 5.54. The fourth-order valence-corrected chi connectivity index (χ4v) is 2.26. The van der Waals surface area contributed by atoms with Crippen molar-refractivity contribution in [2.24, 2.45) is 5.92 Å². The highest BCUT2D eigenvalue weighted by Gasteiger charge is 2.10. The summed E-state index contributed by atoms with van der Waals surface area (Å²) in [5.41, 5.74) is 8.01. The molecule has 2 N–H and O–H groups in total. The van der Waals surface area contributed by atoms with E-state index in [9.17, 15) is 0 Å². The van der Waals surface area contributed by atoms with Crippen molar-refractivity contribution in [2.75, 3.05) is 18.8 Å². The average molecular weight is 248 g/mol. The maximum Gasteiger partial charge on any atom is 0.0316 e. The summed E-state index contributed by atoms with van der Waals surface area (Å²) in [6, 6.07) is 8.87. The van der Waals surface area contributed by atoms with Gasteiger partial charge >= 0.3 is 0 Å². The van der Waals surface area contributed by atoms with E-state index in [-0.39, 0.29) is 0 Å². The Hall–Kier alpha value is -1.02. The van der Waals surface area contributed by atoms with Gasteiger partial charge in [0, 0.05) is 18.3 Å². The van der Waals surface area contributed by atoms with E-state index in [0.717, 1.165) is 18.0 Å². The molecule has 0 aromatic heterocycles. The molecular weight excluding hydrogens is 220 g/mol. The fraction of sp³-hybridized carbons (Fsp3) is 0.625. The van der Waals surface area contributed by atoms with Gasteiger partial charge < -0.3 is 10.6 Å². The van der Waals surface area contributed by atoms with E-state index in [0.29, 0.717) is 6.04 Å². The molecule has 102 valence electrons.